The highest BCUT2D eigenvalue weighted by Crippen LogP contribution is 2.41. The Balaban J connectivity index is 1.54. The van der Waals surface area contributed by atoms with Gasteiger partial charge >= 0.3 is 0 Å². The summed E-state index contributed by atoms with van der Waals surface area (Å²) in [5.41, 5.74) is 0.756. The van der Waals surface area contributed by atoms with Crippen LogP contribution in [0.4, 0.5) is 5.69 Å². The number of fused-ring (bicyclic) bond motifs is 1. The van der Waals surface area contributed by atoms with Crippen LogP contribution in [-0.4, -0.2) is 55.5 Å². The molecule has 2 atom stereocenters. The maximum Gasteiger partial charge on any atom is 0.285 e. The topological polar surface area (TPSA) is 85.3 Å². The van der Waals surface area contributed by atoms with Crippen molar-refractivity contribution >= 4 is 50.0 Å². The fraction of sp³-hybridized carbons (Fsp3) is 0.391. The van der Waals surface area contributed by atoms with Crippen LogP contribution in [0.3, 0.4) is 0 Å². The van der Waals surface area contributed by atoms with E-state index in [9.17, 15) is 13.2 Å². The predicted molar refractivity (Wildman–Crippen MR) is 133 cm³/mol. The number of carbonyl (C=O) groups is 1. The quantitative estimate of drug-likeness (QED) is 0.494. The largest absolute Gasteiger partial charge is 0.494 e. The van der Waals surface area contributed by atoms with E-state index < -0.39 is 15.7 Å². The van der Waals surface area contributed by atoms with Gasteiger partial charge in [0.15, 0.2) is 21.6 Å². The van der Waals surface area contributed by atoms with Crippen LogP contribution >= 0.6 is 23.4 Å². The highest BCUT2D eigenvalue weighted by atomic mass is 35.5. The number of carbonyl (C=O) groups excluding carboxylic acids is 1. The minimum atomic E-state index is -3.14. The molecule has 2 aliphatic rings. The second-order valence-electron chi connectivity index (χ2n) is 7.90. The first-order valence-electron chi connectivity index (χ1n) is 10.7. The molecule has 2 aromatic carbocycles. The zero-order valence-electron chi connectivity index (χ0n) is 18.1. The first-order valence-corrected chi connectivity index (χ1v) is 13.8. The molecule has 0 N–H and O–H groups in total. The molecule has 0 aliphatic carbocycles. The van der Waals surface area contributed by atoms with Crippen molar-refractivity contribution in [2.45, 2.75) is 31.1 Å². The van der Waals surface area contributed by atoms with E-state index in [0.29, 0.717) is 28.3 Å². The summed E-state index contributed by atoms with van der Waals surface area (Å²) in [7, 11) is -3.14. The summed E-state index contributed by atoms with van der Waals surface area (Å²) in [5, 5.41) is 0.882. The minimum Gasteiger partial charge on any atom is -0.494 e. The van der Waals surface area contributed by atoms with Crippen molar-refractivity contribution in [1.82, 2.24) is 0 Å². The number of amidine groups is 1. The van der Waals surface area contributed by atoms with Crippen molar-refractivity contribution in [2.24, 2.45) is 4.99 Å². The second-order valence-corrected chi connectivity index (χ2v) is 11.7. The monoisotopic (exact) mass is 508 g/mol. The third-order valence-electron chi connectivity index (χ3n) is 5.33. The summed E-state index contributed by atoms with van der Waals surface area (Å²) < 4.78 is 35.9. The van der Waals surface area contributed by atoms with Gasteiger partial charge < -0.3 is 14.4 Å². The maximum absolute atomic E-state index is 12.6. The van der Waals surface area contributed by atoms with Gasteiger partial charge in [0.2, 0.25) is 0 Å². The third kappa shape index (κ3) is 6.02. The molecule has 1 amide bonds. The molecule has 7 nitrogen and oxygen atoms in total. The van der Waals surface area contributed by atoms with Crippen molar-refractivity contribution in [3.8, 4) is 11.5 Å². The molecule has 2 saturated heterocycles. The third-order valence-corrected chi connectivity index (χ3v) is 8.79. The summed E-state index contributed by atoms with van der Waals surface area (Å²) in [6.45, 7) is 2.47. The molecule has 0 saturated carbocycles. The number of aliphatic imine (C=N–C) groups is 1. The lowest BCUT2D eigenvalue weighted by atomic mass is 10.2. The highest BCUT2D eigenvalue weighted by molar-refractivity contribution is 8.16. The molecule has 0 aromatic heterocycles. The molecular weight excluding hydrogens is 484 g/mol. The van der Waals surface area contributed by atoms with Crippen LogP contribution in [-0.2, 0) is 14.6 Å². The second kappa shape index (κ2) is 10.4. The van der Waals surface area contributed by atoms with E-state index in [1.165, 1.54) is 11.8 Å². The number of unbranched alkanes of at least 4 members (excludes halogenated alkanes) is 1. The summed E-state index contributed by atoms with van der Waals surface area (Å²) >= 11 is 7.20. The van der Waals surface area contributed by atoms with Gasteiger partial charge in [-0.3, -0.25) is 4.79 Å². The van der Waals surface area contributed by atoms with Gasteiger partial charge in [0.1, 0.15) is 11.5 Å². The average molecular weight is 509 g/mol. The van der Waals surface area contributed by atoms with E-state index in [4.69, 9.17) is 21.1 Å². The van der Waals surface area contributed by atoms with Gasteiger partial charge in [-0.25, -0.2) is 8.42 Å². The van der Waals surface area contributed by atoms with E-state index in [-0.39, 0.29) is 29.4 Å². The Hall–Kier alpha value is -2.23. The number of sulfone groups is 1. The van der Waals surface area contributed by atoms with Gasteiger partial charge in [-0.05, 0) is 42.8 Å². The number of halogens is 1. The van der Waals surface area contributed by atoms with Crippen LogP contribution in [0.2, 0.25) is 5.02 Å². The molecule has 176 valence electrons. The van der Waals surface area contributed by atoms with Crippen LogP contribution < -0.4 is 14.4 Å². The van der Waals surface area contributed by atoms with E-state index in [1.807, 2.05) is 29.2 Å². The first kappa shape index (κ1) is 23.9. The molecule has 10 heteroatoms. The zero-order chi connectivity index (χ0) is 23.4. The fourth-order valence-electron chi connectivity index (χ4n) is 3.74. The Morgan fingerprint density at radius 1 is 1.15 bits per heavy atom. The van der Waals surface area contributed by atoms with Crippen LogP contribution in [0.15, 0.2) is 53.5 Å². The molecule has 2 aromatic rings. The molecule has 0 unspecified atom stereocenters. The van der Waals surface area contributed by atoms with Crippen molar-refractivity contribution in [3.05, 3.63) is 53.6 Å². The number of anilines is 1. The van der Waals surface area contributed by atoms with Gasteiger partial charge in [0.05, 0.1) is 24.2 Å². The SMILES string of the molecule is CCCCOc1cccc(N2C(=NC(=O)COc3ccc(Cl)cc3)S[C@@H]3CS(=O)(=O)C[C@H]32)c1. The van der Waals surface area contributed by atoms with Crippen molar-refractivity contribution in [2.75, 3.05) is 29.6 Å². The Bertz CT molecular complexity index is 1140. The van der Waals surface area contributed by atoms with Crippen molar-refractivity contribution < 1.29 is 22.7 Å². The number of amides is 1. The van der Waals surface area contributed by atoms with Crippen LogP contribution in [0, 0.1) is 0 Å². The average Bonchev–Trinajstić information content (AvgIpc) is 3.24. The Labute approximate surface area is 203 Å². The van der Waals surface area contributed by atoms with Gasteiger partial charge in [-0.1, -0.05) is 42.8 Å². The number of benzene rings is 2. The number of nitrogens with zero attached hydrogens (tertiary/aromatic N) is 2. The van der Waals surface area contributed by atoms with Gasteiger partial charge in [0, 0.05) is 22.0 Å². The Kier molecular flexibility index (Phi) is 7.51. The van der Waals surface area contributed by atoms with Crippen molar-refractivity contribution in [1.29, 1.82) is 0 Å². The summed E-state index contributed by atoms with van der Waals surface area (Å²) in [6, 6.07) is 13.9. The standard InChI is InChI=1S/C23H25ClN2O5S2/c1-2-3-11-30-19-6-4-5-17(12-19)26-20-14-33(28,29)15-21(20)32-23(26)25-22(27)13-31-18-9-7-16(24)8-10-18/h4-10,12,20-21H,2-3,11,13-15H2,1H3/t20-,21-/m1/s1. The van der Waals surface area contributed by atoms with Crippen LogP contribution in [0.25, 0.3) is 0 Å². The molecule has 0 spiro atoms. The summed E-state index contributed by atoms with van der Waals surface area (Å²) in [6.07, 6.45) is 1.97. The molecule has 33 heavy (non-hydrogen) atoms. The van der Waals surface area contributed by atoms with Gasteiger partial charge in [-0.2, -0.15) is 4.99 Å². The normalized spacial score (nSPS) is 22.4. The van der Waals surface area contributed by atoms with Crippen LogP contribution in [0.1, 0.15) is 19.8 Å². The molecule has 2 aliphatic heterocycles. The predicted octanol–water partition coefficient (Wildman–Crippen LogP) is 4.20. The lowest BCUT2D eigenvalue weighted by Crippen LogP contribution is -2.37. The molecular formula is C23H25ClN2O5S2. The van der Waals surface area contributed by atoms with Gasteiger partial charge in [0.25, 0.3) is 5.91 Å². The Morgan fingerprint density at radius 3 is 2.70 bits per heavy atom. The minimum absolute atomic E-state index is 0.0278. The lowest BCUT2D eigenvalue weighted by Gasteiger charge is -2.25. The van der Waals surface area contributed by atoms with E-state index in [1.54, 1.807) is 24.3 Å². The number of hydrogen-bond donors (Lipinski definition) is 0. The number of thioether (sulfide) groups is 1. The molecule has 2 fully saturated rings. The number of hydrogen-bond acceptors (Lipinski definition) is 6. The number of ether oxygens (including phenoxy) is 2. The fourth-order valence-corrected chi connectivity index (χ4v) is 7.80. The van der Waals surface area contributed by atoms with Crippen molar-refractivity contribution in [3.63, 3.8) is 0 Å². The number of rotatable bonds is 8. The summed E-state index contributed by atoms with van der Waals surface area (Å²) in [5.74, 6) is 0.867. The maximum atomic E-state index is 12.6. The smallest absolute Gasteiger partial charge is 0.285 e. The summed E-state index contributed by atoms with van der Waals surface area (Å²) in [4.78, 5) is 18.7. The first-order chi connectivity index (χ1) is 15.8. The van der Waals surface area contributed by atoms with Crippen LogP contribution in [0.5, 0.6) is 11.5 Å². The lowest BCUT2D eigenvalue weighted by molar-refractivity contribution is -0.119. The van der Waals surface area contributed by atoms with E-state index in [2.05, 4.69) is 11.9 Å². The molecule has 4 rings (SSSR count). The molecule has 0 bridgehead atoms. The van der Waals surface area contributed by atoms with Gasteiger partial charge in [-0.15, -0.1) is 0 Å². The molecule has 0 radical (unpaired) electrons. The van der Waals surface area contributed by atoms with E-state index >= 15 is 0 Å². The Morgan fingerprint density at radius 2 is 1.94 bits per heavy atom. The van der Waals surface area contributed by atoms with E-state index in [0.717, 1.165) is 18.5 Å². The highest BCUT2D eigenvalue weighted by Gasteiger charge is 2.49. The molecule has 2 heterocycles. The zero-order valence-corrected chi connectivity index (χ0v) is 20.5.